The number of hydrogen-bond acceptors (Lipinski definition) is 8. The summed E-state index contributed by atoms with van der Waals surface area (Å²) in [6.07, 6.45) is -3.36. The van der Waals surface area contributed by atoms with Crippen LogP contribution in [-0.4, -0.2) is 76.1 Å². The number of amides is 1. The number of fused-ring (bicyclic) bond motifs is 1. The minimum atomic E-state index is -1.80. The molecule has 9 nitrogen and oxygen atoms in total. The van der Waals surface area contributed by atoms with E-state index in [2.05, 4.69) is 22.0 Å². The Morgan fingerprint density at radius 2 is 2.41 bits per heavy atom. The van der Waals surface area contributed by atoms with Crippen LogP contribution in [0.4, 0.5) is 4.39 Å². The van der Waals surface area contributed by atoms with Crippen LogP contribution in [0.25, 0.3) is 0 Å². The number of rotatable bonds is 3. The lowest BCUT2D eigenvalue weighted by Gasteiger charge is -2.31. The molecule has 5 N–H and O–H groups in total. The number of nitrogens with two attached hydrogens (primary N) is 1. The molecular formula is C12H16FN5O4. The third-order valence-corrected chi connectivity index (χ3v) is 4.06. The summed E-state index contributed by atoms with van der Waals surface area (Å²) in [6.45, 7) is 2.90. The standard InChI is InChI=1S/C12H16FN5O4/c1-2-12(4-19)8(20)6(13)7(22-12)5-3-15-9-10(21)16-11(14)17-18(5)9/h2,5-8,19-20H,1,3-4H2,(H3,14,16,17,21)/t5?,6-,7-,8-,12+/m0/s1. The Bertz CT molecular complexity index is 582. The van der Waals surface area contributed by atoms with Crippen LogP contribution in [0.1, 0.15) is 0 Å². The highest BCUT2D eigenvalue weighted by Crippen LogP contribution is 2.38. The molecule has 0 saturated carbocycles. The lowest BCUT2D eigenvalue weighted by molar-refractivity contribution is -0.115. The van der Waals surface area contributed by atoms with Crippen molar-refractivity contribution in [2.24, 2.45) is 15.8 Å². The van der Waals surface area contributed by atoms with E-state index in [1.165, 1.54) is 11.1 Å². The first kappa shape index (κ1) is 14.9. The molecule has 10 heteroatoms. The number of aliphatic hydroxyl groups excluding tert-OH is 2. The number of amidine groups is 1. The van der Waals surface area contributed by atoms with Crippen LogP contribution in [0, 0.1) is 0 Å². The van der Waals surface area contributed by atoms with E-state index in [1.807, 2.05) is 0 Å². The maximum absolute atomic E-state index is 14.5. The zero-order valence-electron chi connectivity index (χ0n) is 11.5. The van der Waals surface area contributed by atoms with Gasteiger partial charge >= 0.3 is 0 Å². The summed E-state index contributed by atoms with van der Waals surface area (Å²) in [5.74, 6) is -0.673. The van der Waals surface area contributed by atoms with Gasteiger partial charge < -0.3 is 20.7 Å². The van der Waals surface area contributed by atoms with Crippen molar-refractivity contribution in [1.29, 1.82) is 0 Å². The third-order valence-electron chi connectivity index (χ3n) is 4.06. The molecular weight excluding hydrogens is 297 g/mol. The van der Waals surface area contributed by atoms with Gasteiger partial charge in [0.15, 0.2) is 6.17 Å². The molecule has 1 unspecified atom stereocenters. The van der Waals surface area contributed by atoms with Crippen molar-refractivity contribution in [3.05, 3.63) is 12.7 Å². The molecule has 3 aliphatic rings. The highest BCUT2D eigenvalue weighted by molar-refractivity contribution is 6.41. The fourth-order valence-electron chi connectivity index (χ4n) is 2.83. The summed E-state index contributed by atoms with van der Waals surface area (Å²) in [6, 6.07) is -0.752. The number of carbonyl (C=O) groups is 1. The van der Waals surface area contributed by atoms with Gasteiger partial charge in [0, 0.05) is 0 Å². The molecule has 1 saturated heterocycles. The number of nitrogens with one attached hydrogen (secondary N) is 1. The topological polar surface area (TPSA) is 133 Å². The van der Waals surface area contributed by atoms with Crippen LogP contribution in [0.15, 0.2) is 22.7 Å². The Morgan fingerprint density at radius 3 is 3.00 bits per heavy atom. The molecule has 0 aliphatic carbocycles. The second-order valence-corrected chi connectivity index (χ2v) is 5.30. The van der Waals surface area contributed by atoms with Crippen LogP contribution < -0.4 is 11.1 Å². The average Bonchev–Trinajstić information content (AvgIpc) is 3.01. The van der Waals surface area contributed by atoms with Crippen LogP contribution in [0.3, 0.4) is 0 Å². The minimum absolute atomic E-state index is 0.00425. The largest absolute Gasteiger partial charge is 0.393 e. The van der Waals surface area contributed by atoms with Crippen molar-refractivity contribution < 1.29 is 24.1 Å². The fraction of sp³-hybridized carbons (Fsp3) is 0.583. The number of nitrogens with zero attached hydrogens (tertiary/aromatic N) is 3. The first-order chi connectivity index (χ1) is 10.4. The first-order valence-electron chi connectivity index (χ1n) is 6.67. The summed E-state index contributed by atoms with van der Waals surface area (Å²) < 4.78 is 20.0. The van der Waals surface area contributed by atoms with Crippen LogP contribution in [0.2, 0.25) is 0 Å². The molecule has 22 heavy (non-hydrogen) atoms. The van der Waals surface area contributed by atoms with E-state index in [-0.39, 0.29) is 18.3 Å². The molecule has 1 amide bonds. The quantitative estimate of drug-likeness (QED) is 0.424. The first-order valence-corrected chi connectivity index (χ1v) is 6.67. The summed E-state index contributed by atoms with van der Waals surface area (Å²) in [7, 11) is 0. The molecule has 0 aromatic heterocycles. The van der Waals surface area contributed by atoms with E-state index >= 15 is 0 Å². The highest BCUT2D eigenvalue weighted by Gasteiger charge is 2.58. The van der Waals surface area contributed by atoms with E-state index in [0.717, 1.165) is 0 Å². The lowest BCUT2D eigenvalue weighted by atomic mass is 9.95. The Balaban J connectivity index is 1.89. The predicted molar refractivity (Wildman–Crippen MR) is 73.5 cm³/mol. The van der Waals surface area contributed by atoms with Crippen LogP contribution in [0.5, 0.6) is 0 Å². The number of hydrogen-bond donors (Lipinski definition) is 4. The van der Waals surface area contributed by atoms with Crippen molar-refractivity contribution in [3.8, 4) is 0 Å². The number of halogens is 1. The van der Waals surface area contributed by atoms with Crippen molar-refractivity contribution >= 4 is 17.7 Å². The van der Waals surface area contributed by atoms with Gasteiger partial charge in [0.1, 0.15) is 23.9 Å². The molecule has 0 radical (unpaired) electrons. The van der Waals surface area contributed by atoms with E-state index in [9.17, 15) is 19.4 Å². The average molecular weight is 313 g/mol. The molecule has 120 valence electrons. The van der Waals surface area contributed by atoms with Gasteiger partial charge in [0.25, 0.3) is 5.91 Å². The zero-order valence-corrected chi connectivity index (χ0v) is 11.5. The van der Waals surface area contributed by atoms with Crippen molar-refractivity contribution in [3.63, 3.8) is 0 Å². The normalized spacial score (nSPS) is 40.9. The molecule has 0 aromatic rings. The summed E-state index contributed by atoms with van der Waals surface area (Å²) >= 11 is 0. The number of hydrazone groups is 1. The van der Waals surface area contributed by atoms with E-state index in [0.29, 0.717) is 0 Å². The highest BCUT2D eigenvalue weighted by atomic mass is 19.1. The number of ether oxygens (including phenoxy) is 1. The second kappa shape index (κ2) is 5.00. The fourth-order valence-corrected chi connectivity index (χ4v) is 2.83. The molecule has 3 aliphatic heterocycles. The van der Waals surface area contributed by atoms with Crippen molar-refractivity contribution in [2.45, 2.75) is 30.0 Å². The van der Waals surface area contributed by atoms with E-state index in [4.69, 9.17) is 10.5 Å². The maximum Gasteiger partial charge on any atom is 0.295 e. The van der Waals surface area contributed by atoms with Gasteiger partial charge in [-0.15, -0.1) is 11.7 Å². The van der Waals surface area contributed by atoms with Gasteiger partial charge in [-0.2, -0.15) is 0 Å². The minimum Gasteiger partial charge on any atom is -0.393 e. The zero-order chi connectivity index (χ0) is 16.1. The van der Waals surface area contributed by atoms with E-state index in [1.54, 1.807) is 0 Å². The smallest absolute Gasteiger partial charge is 0.295 e. The summed E-state index contributed by atoms with van der Waals surface area (Å²) in [5, 5.41) is 26.8. The van der Waals surface area contributed by atoms with Gasteiger partial charge in [0.05, 0.1) is 13.2 Å². The molecule has 0 spiro atoms. The van der Waals surface area contributed by atoms with Gasteiger partial charge in [0.2, 0.25) is 11.8 Å². The van der Waals surface area contributed by atoms with Gasteiger partial charge in [-0.05, 0) is 0 Å². The Kier molecular flexibility index (Phi) is 3.38. The summed E-state index contributed by atoms with van der Waals surface area (Å²) in [5.41, 5.74) is 3.89. The van der Waals surface area contributed by atoms with Crippen molar-refractivity contribution in [2.75, 3.05) is 13.2 Å². The van der Waals surface area contributed by atoms with Crippen LogP contribution in [-0.2, 0) is 9.53 Å². The number of aliphatic imine (C=N–C) groups is 1. The Labute approximate surface area is 124 Å². The third kappa shape index (κ3) is 1.91. The van der Waals surface area contributed by atoms with Gasteiger partial charge in [-0.25, -0.2) is 9.40 Å². The number of guanidine groups is 1. The Hall–Kier alpha value is -2.04. The Morgan fingerprint density at radius 1 is 1.68 bits per heavy atom. The number of alkyl halides is 1. The van der Waals surface area contributed by atoms with Gasteiger partial charge in [-0.1, -0.05) is 6.08 Å². The monoisotopic (exact) mass is 313 g/mol. The van der Waals surface area contributed by atoms with Crippen molar-refractivity contribution in [1.82, 2.24) is 10.3 Å². The SMILES string of the molecule is C=C[C@]1(CO)O[C@@H](C2CN=C3C(=O)NC(N)=NN32)[C@H](F)[C@@H]1O. The molecule has 5 atom stereocenters. The molecule has 0 aromatic carbocycles. The molecule has 3 rings (SSSR count). The lowest BCUT2D eigenvalue weighted by Crippen LogP contribution is -2.55. The molecule has 3 heterocycles. The predicted octanol–water partition coefficient (Wildman–Crippen LogP) is -2.56. The number of carbonyl (C=O) groups excluding carboxylic acids is 1. The maximum atomic E-state index is 14.5. The molecule has 0 bridgehead atoms. The van der Waals surface area contributed by atoms with Crippen LogP contribution >= 0.6 is 0 Å². The second-order valence-electron chi connectivity index (χ2n) is 5.30. The summed E-state index contributed by atoms with van der Waals surface area (Å²) in [4.78, 5) is 15.8. The van der Waals surface area contributed by atoms with E-state index < -0.39 is 42.5 Å². The molecule has 1 fully saturated rings. The van der Waals surface area contributed by atoms with Gasteiger partial charge in [-0.3, -0.25) is 15.1 Å². The number of aliphatic hydroxyl groups is 2.